The van der Waals surface area contributed by atoms with Gasteiger partial charge in [0.2, 0.25) is 0 Å². The van der Waals surface area contributed by atoms with Gasteiger partial charge in [0.05, 0.1) is 24.5 Å². The van der Waals surface area contributed by atoms with Crippen LogP contribution in [0.3, 0.4) is 0 Å². The quantitative estimate of drug-likeness (QED) is 0.909. The van der Waals surface area contributed by atoms with Crippen LogP contribution in [0.1, 0.15) is 30.1 Å². The first kappa shape index (κ1) is 14.4. The number of fused-ring (bicyclic) bond motifs is 1. The van der Waals surface area contributed by atoms with E-state index in [9.17, 15) is 4.79 Å². The summed E-state index contributed by atoms with van der Waals surface area (Å²) in [6.07, 6.45) is 6.21. The largest absolute Gasteiger partial charge is 0.359 e. The lowest BCUT2D eigenvalue weighted by atomic mass is 10.3. The molecule has 2 aromatic rings. The van der Waals surface area contributed by atoms with Gasteiger partial charge in [-0.25, -0.2) is 14.8 Å². The number of ether oxygens (including phenoxy) is 1. The average molecular weight is 316 g/mol. The normalized spacial score (nSPS) is 19.5. The summed E-state index contributed by atoms with van der Waals surface area (Å²) in [5.74, 6) is 1.08. The number of anilines is 1. The third kappa shape index (κ3) is 2.53. The Balaban J connectivity index is 1.85. The van der Waals surface area contributed by atoms with Crippen LogP contribution in [0.4, 0.5) is 10.6 Å². The van der Waals surface area contributed by atoms with Crippen molar-refractivity contribution in [1.29, 1.82) is 0 Å². The van der Waals surface area contributed by atoms with E-state index in [1.807, 2.05) is 16.8 Å². The molecule has 0 bridgehead atoms. The number of hydrogen-bond donors (Lipinski definition) is 1. The first-order valence-corrected chi connectivity index (χ1v) is 7.86. The minimum absolute atomic E-state index is 0.123. The van der Waals surface area contributed by atoms with Gasteiger partial charge in [-0.3, -0.25) is 4.90 Å². The SMILES string of the molecule is CN1COCCN(c2nc(C3CC3)cn3cc(CN)nc23)C1=O. The molecule has 1 aliphatic carbocycles. The zero-order valence-corrected chi connectivity index (χ0v) is 13.1. The highest BCUT2D eigenvalue weighted by molar-refractivity contribution is 5.94. The highest BCUT2D eigenvalue weighted by Crippen LogP contribution is 2.40. The Morgan fingerprint density at radius 1 is 1.35 bits per heavy atom. The Hall–Kier alpha value is -2.19. The first-order chi connectivity index (χ1) is 11.2. The Bertz CT molecular complexity index is 754. The van der Waals surface area contributed by atoms with Gasteiger partial charge >= 0.3 is 6.03 Å². The summed E-state index contributed by atoms with van der Waals surface area (Å²) in [6, 6.07) is -0.123. The number of imidazole rings is 1. The molecule has 0 aromatic carbocycles. The molecule has 1 saturated heterocycles. The molecular weight excluding hydrogens is 296 g/mol. The highest BCUT2D eigenvalue weighted by atomic mass is 16.5. The number of carbonyl (C=O) groups excluding carboxylic acids is 1. The van der Waals surface area contributed by atoms with Crippen LogP contribution in [0.5, 0.6) is 0 Å². The van der Waals surface area contributed by atoms with Crippen molar-refractivity contribution in [3.05, 3.63) is 23.8 Å². The van der Waals surface area contributed by atoms with E-state index < -0.39 is 0 Å². The predicted molar refractivity (Wildman–Crippen MR) is 84.2 cm³/mol. The number of amides is 2. The maximum absolute atomic E-state index is 12.6. The average Bonchev–Trinajstić information content (AvgIpc) is 3.34. The van der Waals surface area contributed by atoms with Crippen molar-refractivity contribution in [3.8, 4) is 0 Å². The molecule has 2 amide bonds. The van der Waals surface area contributed by atoms with Gasteiger partial charge in [-0.1, -0.05) is 0 Å². The molecule has 2 aliphatic rings. The first-order valence-electron chi connectivity index (χ1n) is 7.86. The summed E-state index contributed by atoms with van der Waals surface area (Å²) in [4.78, 5) is 25.1. The van der Waals surface area contributed by atoms with Crippen LogP contribution < -0.4 is 10.6 Å². The molecule has 2 aromatic heterocycles. The van der Waals surface area contributed by atoms with E-state index in [2.05, 4.69) is 4.98 Å². The Morgan fingerprint density at radius 3 is 2.91 bits per heavy atom. The van der Waals surface area contributed by atoms with E-state index in [1.54, 1.807) is 16.8 Å². The van der Waals surface area contributed by atoms with Gasteiger partial charge in [0, 0.05) is 31.9 Å². The van der Waals surface area contributed by atoms with Crippen molar-refractivity contribution in [2.45, 2.75) is 25.3 Å². The molecule has 122 valence electrons. The maximum atomic E-state index is 12.6. The molecule has 8 nitrogen and oxygen atoms in total. The van der Waals surface area contributed by atoms with E-state index in [-0.39, 0.29) is 12.8 Å². The predicted octanol–water partition coefficient (Wildman–Crippen LogP) is 0.911. The lowest BCUT2D eigenvalue weighted by molar-refractivity contribution is 0.0800. The molecule has 0 radical (unpaired) electrons. The molecular formula is C15H20N6O2. The van der Waals surface area contributed by atoms with Crippen LogP contribution in [0.15, 0.2) is 12.4 Å². The van der Waals surface area contributed by atoms with Crippen LogP contribution in [0, 0.1) is 0 Å². The molecule has 4 rings (SSSR count). The van der Waals surface area contributed by atoms with Crippen LogP contribution in [-0.2, 0) is 11.3 Å². The second kappa shape index (κ2) is 5.47. The van der Waals surface area contributed by atoms with E-state index in [0.717, 1.165) is 24.2 Å². The molecule has 3 heterocycles. The topological polar surface area (TPSA) is 89.0 Å². The third-order valence-corrected chi connectivity index (χ3v) is 4.25. The van der Waals surface area contributed by atoms with Crippen LogP contribution >= 0.6 is 0 Å². The van der Waals surface area contributed by atoms with Gasteiger partial charge in [-0.2, -0.15) is 0 Å². The molecule has 1 aliphatic heterocycles. The fourth-order valence-electron chi connectivity index (χ4n) is 2.82. The second-order valence-electron chi connectivity index (χ2n) is 6.10. The van der Waals surface area contributed by atoms with Crippen molar-refractivity contribution in [2.24, 2.45) is 5.73 Å². The van der Waals surface area contributed by atoms with Gasteiger partial charge in [-0.15, -0.1) is 0 Å². The van der Waals surface area contributed by atoms with Crippen molar-refractivity contribution in [3.63, 3.8) is 0 Å². The summed E-state index contributed by atoms with van der Waals surface area (Å²) in [6.45, 7) is 1.58. The van der Waals surface area contributed by atoms with Gasteiger partial charge in [0.25, 0.3) is 0 Å². The standard InChI is InChI=1S/C15H20N6O2/c1-19-9-23-5-4-21(15(19)22)14-13-17-11(6-16)7-20(13)8-12(18-14)10-2-3-10/h7-8,10H,2-6,9,16H2,1H3. The van der Waals surface area contributed by atoms with Crippen LogP contribution in [0.2, 0.25) is 0 Å². The second-order valence-corrected chi connectivity index (χ2v) is 6.10. The number of rotatable bonds is 3. The lowest BCUT2D eigenvalue weighted by Gasteiger charge is -2.23. The summed E-state index contributed by atoms with van der Waals surface area (Å²) < 4.78 is 7.39. The van der Waals surface area contributed by atoms with Crippen molar-refractivity contribution >= 4 is 17.5 Å². The number of aromatic nitrogens is 3. The fourth-order valence-corrected chi connectivity index (χ4v) is 2.82. The minimum Gasteiger partial charge on any atom is -0.359 e. The van der Waals surface area contributed by atoms with Gasteiger partial charge in [-0.05, 0) is 12.8 Å². The monoisotopic (exact) mass is 316 g/mol. The molecule has 0 spiro atoms. The molecule has 0 atom stereocenters. The van der Waals surface area contributed by atoms with Crippen molar-refractivity contribution < 1.29 is 9.53 Å². The van der Waals surface area contributed by atoms with Gasteiger partial charge < -0.3 is 19.8 Å². The van der Waals surface area contributed by atoms with E-state index in [1.165, 1.54) is 0 Å². The molecule has 2 N–H and O–H groups in total. The number of nitrogens with two attached hydrogens (primary N) is 1. The summed E-state index contributed by atoms with van der Waals surface area (Å²) in [5, 5.41) is 0. The van der Waals surface area contributed by atoms with Crippen molar-refractivity contribution in [1.82, 2.24) is 19.3 Å². The van der Waals surface area contributed by atoms with E-state index in [4.69, 9.17) is 15.5 Å². The molecule has 23 heavy (non-hydrogen) atoms. The number of hydrogen-bond acceptors (Lipinski definition) is 5. The maximum Gasteiger partial charge on any atom is 0.327 e. The number of urea groups is 1. The summed E-state index contributed by atoms with van der Waals surface area (Å²) >= 11 is 0. The Kier molecular flexibility index (Phi) is 3.42. The minimum atomic E-state index is -0.123. The van der Waals surface area contributed by atoms with Crippen LogP contribution in [0.25, 0.3) is 5.65 Å². The van der Waals surface area contributed by atoms with E-state index >= 15 is 0 Å². The van der Waals surface area contributed by atoms with Crippen LogP contribution in [-0.4, -0.2) is 52.2 Å². The number of nitrogens with zero attached hydrogens (tertiary/aromatic N) is 5. The zero-order valence-electron chi connectivity index (χ0n) is 13.1. The van der Waals surface area contributed by atoms with E-state index in [0.29, 0.717) is 37.1 Å². The highest BCUT2D eigenvalue weighted by Gasteiger charge is 2.30. The summed E-state index contributed by atoms with van der Waals surface area (Å²) in [5.41, 5.74) is 8.18. The summed E-state index contributed by atoms with van der Waals surface area (Å²) in [7, 11) is 1.72. The zero-order chi connectivity index (χ0) is 16.0. The molecule has 1 saturated carbocycles. The van der Waals surface area contributed by atoms with Crippen molar-refractivity contribution in [2.75, 3.05) is 31.8 Å². The Morgan fingerprint density at radius 2 is 2.17 bits per heavy atom. The third-order valence-electron chi connectivity index (χ3n) is 4.25. The molecule has 0 unspecified atom stereocenters. The Labute approximate surface area is 133 Å². The molecule has 8 heteroatoms. The number of carbonyl (C=O) groups is 1. The van der Waals surface area contributed by atoms with Gasteiger partial charge in [0.1, 0.15) is 6.73 Å². The lowest BCUT2D eigenvalue weighted by Crippen LogP contribution is -2.40. The smallest absolute Gasteiger partial charge is 0.327 e. The fraction of sp³-hybridized carbons (Fsp3) is 0.533. The molecule has 2 fully saturated rings. The van der Waals surface area contributed by atoms with Gasteiger partial charge in [0.15, 0.2) is 11.5 Å².